The Morgan fingerprint density at radius 2 is 2.10 bits per heavy atom. The van der Waals surface area contributed by atoms with Crippen LogP contribution in [0.25, 0.3) is 5.65 Å². The molecule has 2 fully saturated rings. The van der Waals surface area contributed by atoms with Crippen LogP contribution in [-0.2, 0) is 0 Å². The van der Waals surface area contributed by atoms with Crippen molar-refractivity contribution in [3.8, 4) is 5.75 Å². The zero-order valence-electron chi connectivity index (χ0n) is 17.8. The van der Waals surface area contributed by atoms with Gasteiger partial charge in [-0.3, -0.25) is 4.79 Å². The highest BCUT2D eigenvalue weighted by molar-refractivity contribution is 6.02. The Kier molecular flexibility index (Phi) is 5.19. The number of anilines is 2. The standard InChI is InChI=1S/C22H27N7O2/c1-14-11-29-13-17(7-19(31-2)21(29)26-14)27-22(30)18-9-25-20(10-24-18)28-6-5-15(12-28)8-23-16-3-4-16/h7,9-11,13,15-16,23H,3-6,8,12H2,1-2H3,(H,27,30)/t15-/m0/s1. The molecule has 9 nitrogen and oxygen atoms in total. The van der Waals surface area contributed by atoms with E-state index in [-0.39, 0.29) is 11.6 Å². The van der Waals surface area contributed by atoms with Gasteiger partial charge in [0, 0.05) is 37.6 Å². The van der Waals surface area contributed by atoms with Gasteiger partial charge in [0.15, 0.2) is 11.4 Å². The van der Waals surface area contributed by atoms with Crippen LogP contribution in [0.1, 0.15) is 35.4 Å². The van der Waals surface area contributed by atoms with Crippen molar-refractivity contribution in [3.63, 3.8) is 0 Å². The van der Waals surface area contributed by atoms with Gasteiger partial charge in [-0.25, -0.2) is 15.0 Å². The maximum Gasteiger partial charge on any atom is 0.275 e. The minimum absolute atomic E-state index is 0.274. The molecule has 0 radical (unpaired) electrons. The van der Waals surface area contributed by atoms with Crippen molar-refractivity contribution in [2.45, 2.75) is 32.2 Å². The first kappa shape index (κ1) is 19.7. The highest BCUT2D eigenvalue weighted by Crippen LogP contribution is 2.25. The summed E-state index contributed by atoms with van der Waals surface area (Å²) < 4.78 is 7.25. The SMILES string of the molecule is COc1cc(NC(=O)c2cnc(N3CC[C@@H](CNC4CC4)C3)cn2)cn2cc(C)nc12. The lowest BCUT2D eigenvalue weighted by molar-refractivity contribution is 0.102. The summed E-state index contributed by atoms with van der Waals surface area (Å²) >= 11 is 0. The van der Waals surface area contributed by atoms with Gasteiger partial charge < -0.3 is 24.7 Å². The van der Waals surface area contributed by atoms with E-state index in [2.05, 4.69) is 30.5 Å². The summed E-state index contributed by atoms with van der Waals surface area (Å²) in [4.78, 5) is 28.2. The molecule has 0 spiro atoms. The number of aryl methyl sites for hydroxylation is 1. The average molecular weight is 422 g/mol. The number of methoxy groups -OCH3 is 1. The second-order valence-corrected chi connectivity index (χ2v) is 8.41. The summed E-state index contributed by atoms with van der Waals surface area (Å²) in [5.41, 5.74) is 2.45. The number of nitrogens with zero attached hydrogens (tertiary/aromatic N) is 5. The smallest absolute Gasteiger partial charge is 0.275 e. The van der Waals surface area contributed by atoms with Gasteiger partial charge in [-0.15, -0.1) is 0 Å². The molecule has 5 rings (SSSR count). The fraction of sp³-hybridized carbons (Fsp3) is 0.455. The Balaban J connectivity index is 1.23. The van der Waals surface area contributed by atoms with Crippen LogP contribution in [0.2, 0.25) is 0 Å². The van der Waals surface area contributed by atoms with Crippen LogP contribution < -0.4 is 20.3 Å². The Labute approximate surface area is 180 Å². The van der Waals surface area contributed by atoms with Gasteiger partial charge in [-0.2, -0.15) is 0 Å². The normalized spacial score (nSPS) is 18.5. The number of aromatic nitrogens is 4. The maximum absolute atomic E-state index is 12.7. The lowest BCUT2D eigenvalue weighted by atomic mass is 10.1. The molecule has 2 aliphatic rings. The summed E-state index contributed by atoms with van der Waals surface area (Å²) in [7, 11) is 1.58. The highest BCUT2D eigenvalue weighted by Gasteiger charge is 2.27. The van der Waals surface area contributed by atoms with E-state index in [0.717, 1.165) is 43.6 Å². The number of carbonyl (C=O) groups is 1. The molecule has 3 aromatic heterocycles. The van der Waals surface area contributed by atoms with Gasteiger partial charge in [0.1, 0.15) is 11.5 Å². The average Bonchev–Trinajstić information content (AvgIpc) is 3.35. The fourth-order valence-corrected chi connectivity index (χ4v) is 4.03. The van der Waals surface area contributed by atoms with Crippen molar-refractivity contribution >= 4 is 23.1 Å². The van der Waals surface area contributed by atoms with Gasteiger partial charge >= 0.3 is 0 Å². The van der Waals surface area contributed by atoms with Crippen molar-refractivity contribution in [1.29, 1.82) is 0 Å². The van der Waals surface area contributed by atoms with Gasteiger partial charge in [-0.1, -0.05) is 0 Å². The van der Waals surface area contributed by atoms with Crippen LogP contribution in [0.3, 0.4) is 0 Å². The summed E-state index contributed by atoms with van der Waals surface area (Å²) in [5, 5.41) is 6.48. The molecule has 1 saturated heterocycles. The molecule has 31 heavy (non-hydrogen) atoms. The van der Waals surface area contributed by atoms with Crippen LogP contribution in [0.5, 0.6) is 5.75 Å². The lowest BCUT2D eigenvalue weighted by Crippen LogP contribution is -2.28. The quantitative estimate of drug-likeness (QED) is 0.604. The number of hydrogen-bond donors (Lipinski definition) is 2. The number of amides is 1. The predicted molar refractivity (Wildman–Crippen MR) is 118 cm³/mol. The monoisotopic (exact) mass is 421 g/mol. The van der Waals surface area contributed by atoms with E-state index in [9.17, 15) is 4.79 Å². The highest BCUT2D eigenvalue weighted by atomic mass is 16.5. The molecule has 0 unspecified atom stereocenters. The van der Waals surface area contributed by atoms with Crippen molar-refractivity contribution < 1.29 is 9.53 Å². The first-order valence-corrected chi connectivity index (χ1v) is 10.7. The minimum atomic E-state index is -0.315. The first-order valence-electron chi connectivity index (χ1n) is 10.7. The molecule has 0 bridgehead atoms. The van der Waals surface area contributed by atoms with E-state index in [0.29, 0.717) is 23.0 Å². The third-order valence-electron chi connectivity index (χ3n) is 5.87. The molecule has 1 saturated carbocycles. The van der Waals surface area contributed by atoms with Gasteiger partial charge in [0.05, 0.1) is 30.9 Å². The summed E-state index contributed by atoms with van der Waals surface area (Å²) in [5.74, 6) is 1.74. The molecule has 3 aromatic rings. The molecule has 4 heterocycles. The zero-order valence-corrected chi connectivity index (χ0v) is 17.8. The number of rotatable bonds is 7. The Bertz CT molecular complexity index is 1090. The van der Waals surface area contributed by atoms with E-state index in [1.807, 2.05) is 17.5 Å². The number of nitrogens with one attached hydrogen (secondary N) is 2. The summed E-state index contributed by atoms with van der Waals surface area (Å²) in [6.45, 7) is 4.93. The second kappa shape index (κ2) is 8.14. The number of pyridine rings is 1. The van der Waals surface area contributed by atoms with Crippen LogP contribution >= 0.6 is 0 Å². The van der Waals surface area contributed by atoms with Crippen LogP contribution in [0.15, 0.2) is 30.9 Å². The van der Waals surface area contributed by atoms with E-state index in [4.69, 9.17) is 4.74 Å². The largest absolute Gasteiger partial charge is 0.493 e. The number of fused-ring (bicyclic) bond motifs is 1. The Morgan fingerprint density at radius 1 is 1.23 bits per heavy atom. The second-order valence-electron chi connectivity index (χ2n) is 8.41. The molecular formula is C22H27N7O2. The van der Waals surface area contributed by atoms with Crippen LogP contribution in [-0.4, -0.2) is 58.0 Å². The maximum atomic E-state index is 12.7. The molecule has 162 valence electrons. The van der Waals surface area contributed by atoms with E-state index >= 15 is 0 Å². The Hall–Kier alpha value is -3.20. The van der Waals surface area contributed by atoms with E-state index < -0.39 is 0 Å². The fourth-order valence-electron chi connectivity index (χ4n) is 4.03. The van der Waals surface area contributed by atoms with Crippen molar-refractivity contribution in [2.24, 2.45) is 5.92 Å². The van der Waals surface area contributed by atoms with Gasteiger partial charge in [0.2, 0.25) is 0 Å². The molecule has 1 amide bonds. The predicted octanol–water partition coefficient (Wildman–Crippen LogP) is 2.27. The summed E-state index contributed by atoms with van der Waals surface area (Å²) in [6.07, 6.45) is 10.7. The third-order valence-corrected chi connectivity index (χ3v) is 5.87. The number of hydrogen-bond acceptors (Lipinski definition) is 7. The van der Waals surface area contributed by atoms with E-state index in [1.54, 1.807) is 25.6 Å². The molecule has 1 aliphatic carbocycles. The minimum Gasteiger partial charge on any atom is -0.493 e. The lowest BCUT2D eigenvalue weighted by Gasteiger charge is -2.17. The summed E-state index contributed by atoms with van der Waals surface area (Å²) in [6, 6.07) is 2.49. The number of imidazole rings is 1. The van der Waals surface area contributed by atoms with Crippen LogP contribution in [0.4, 0.5) is 11.5 Å². The zero-order chi connectivity index (χ0) is 21.4. The molecule has 1 atom stereocenters. The third kappa shape index (κ3) is 4.32. The molecular weight excluding hydrogens is 394 g/mol. The van der Waals surface area contributed by atoms with Gasteiger partial charge in [0.25, 0.3) is 5.91 Å². The number of ether oxygens (including phenoxy) is 1. The van der Waals surface area contributed by atoms with Crippen molar-refractivity contribution in [3.05, 3.63) is 42.2 Å². The molecule has 0 aromatic carbocycles. The van der Waals surface area contributed by atoms with E-state index in [1.165, 1.54) is 19.0 Å². The number of carbonyl (C=O) groups excluding carboxylic acids is 1. The molecule has 2 N–H and O–H groups in total. The molecule has 1 aliphatic heterocycles. The van der Waals surface area contributed by atoms with Gasteiger partial charge in [-0.05, 0) is 38.6 Å². The van der Waals surface area contributed by atoms with Crippen LogP contribution in [0, 0.1) is 12.8 Å². The topological polar surface area (TPSA) is 96.7 Å². The van der Waals surface area contributed by atoms with Crippen molar-refractivity contribution in [1.82, 2.24) is 24.7 Å². The van der Waals surface area contributed by atoms with Crippen molar-refractivity contribution in [2.75, 3.05) is 37.0 Å². The molecule has 9 heteroatoms. The first-order chi connectivity index (χ1) is 15.1. The Morgan fingerprint density at radius 3 is 2.84 bits per heavy atom.